The largest absolute Gasteiger partial charge is 0.495 e. The normalized spacial score (nSPS) is 10.7. The van der Waals surface area contributed by atoms with Gasteiger partial charge in [-0.15, -0.1) is 0 Å². The number of halogens is 1. The van der Waals surface area contributed by atoms with Crippen LogP contribution in [0.1, 0.15) is 5.56 Å². The maximum Gasteiger partial charge on any atom is 0.234 e. The van der Waals surface area contributed by atoms with Crippen LogP contribution in [-0.4, -0.2) is 28.7 Å². The first-order valence-corrected chi connectivity index (χ1v) is 11.4. The van der Waals surface area contributed by atoms with Gasteiger partial charge in [-0.05, 0) is 18.6 Å². The fourth-order valence-corrected chi connectivity index (χ4v) is 4.11. The Morgan fingerprint density at radius 1 is 1.06 bits per heavy atom. The lowest BCUT2D eigenvalue weighted by molar-refractivity contribution is -0.113. The molecule has 162 valence electrons. The molecule has 0 bridgehead atoms. The Bertz CT molecular complexity index is 1170. The van der Waals surface area contributed by atoms with Crippen LogP contribution < -0.4 is 10.1 Å². The van der Waals surface area contributed by atoms with Crippen molar-refractivity contribution in [3.05, 3.63) is 83.4 Å². The molecule has 0 atom stereocenters. The van der Waals surface area contributed by atoms with Gasteiger partial charge in [0.25, 0.3) is 0 Å². The number of hydrogen-bond donors (Lipinski definition) is 2. The summed E-state index contributed by atoms with van der Waals surface area (Å²) in [5.41, 5.74) is 5.29. The summed E-state index contributed by atoms with van der Waals surface area (Å²) in [4.78, 5) is 20.8. The minimum atomic E-state index is -0.158. The molecule has 7 heteroatoms. The minimum Gasteiger partial charge on any atom is -0.495 e. The molecule has 1 amide bonds. The molecule has 32 heavy (non-hydrogen) atoms. The zero-order chi connectivity index (χ0) is 22.5. The maximum atomic E-state index is 12.6. The first-order chi connectivity index (χ1) is 15.5. The number of rotatable bonds is 7. The number of imidazole rings is 1. The molecular weight excluding hydrogens is 442 g/mol. The predicted molar refractivity (Wildman–Crippen MR) is 132 cm³/mol. The fourth-order valence-electron chi connectivity index (χ4n) is 3.29. The van der Waals surface area contributed by atoms with Crippen LogP contribution in [0.2, 0.25) is 5.02 Å². The molecule has 0 aliphatic carbocycles. The van der Waals surface area contributed by atoms with Gasteiger partial charge in [0, 0.05) is 22.2 Å². The Labute approximate surface area is 196 Å². The number of methoxy groups -OCH3 is 1. The number of thioether (sulfide) groups is 1. The Balaban J connectivity index is 1.53. The van der Waals surface area contributed by atoms with Crippen molar-refractivity contribution in [2.24, 2.45) is 0 Å². The van der Waals surface area contributed by atoms with Crippen molar-refractivity contribution in [3.8, 4) is 28.3 Å². The van der Waals surface area contributed by atoms with Crippen molar-refractivity contribution in [1.82, 2.24) is 9.97 Å². The fraction of sp³-hybridized carbons (Fsp3) is 0.120. The van der Waals surface area contributed by atoms with E-state index in [0.717, 1.165) is 28.1 Å². The number of nitrogens with zero attached hydrogens (tertiary/aromatic N) is 1. The molecule has 1 heterocycles. The molecule has 4 aromatic rings. The number of amides is 1. The number of benzene rings is 3. The van der Waals surface area contributed by atoms with E-state index in [2.05, 4.69) is 10.3 Å². The molecule has 0 spiro atoms. The van der Waals surface area contributed by atoms with Crippen LogP contribution in [0.15, 0.2) is 78.0 Å². The van der Waals surface area contributed by atoms with Crippen LogP contribution in [0.25, 0.3) is 22.5 Å². The summed E-state index contributed by atoms with van der Waals surface area (Å²) in [6.07, 6.45) is 0. The lowest BCUT2D eigenvalue weighted by atomic mass is 10.1. The van der Waals surface area contributed by atoms with E-state index in [1.165, 1.54) is 11.8 Å². The third-order valence-corrected chi connectivity index (χ3v) is 6.17. The number of carbonyl (C=O) groups is 1. The highest BCUT2D eigenvalue weighted by atomic mass is 35.5. The van der Waals surface area contributed by atoms with E-state index >= 15 is 0 Å². The molecule has 5 nitrogen and oxygen atoms in total. The molecule has 0 saturated heterocycles. The summed E-state index contributed by atoms with van der Waals surface area (Å²) < 4.78 is 5.34. The van der Waals surface area contributed by atoms with Crippen molar-refractivity contribution < 1.29 is 9.53 Å². The molecule has 0 unspecified atom stereocenters. The van der Waals surface area contributed by atoms with Crippen LogP contribution in [-0.2, 0) is 4.79 Å². The van der Waals surface area contributed by atoms with Gasteiger partial charge in [-0.25, -0.2) is 4.98 Å². The number of hydrogen-bond acceptors (Lipinski definition) is 4. The highest BCUT2D eigenvalue weighted by Gasteiger charge is 2.16. The van der Waals surface area contributed by atoms with E-state index in [1.54, 1.807) is 19.2 Å². The van der Waals surface area contributed by atoms with Gasteiger partial charge in [0.15, 0.2) is 5.16 Å². The molecule has 0 fully saturated rings. The third-order valence-electron chi connectivity index (χ3n) is 4.89. The van der Waals surface area contributed by atoms with Gasteiger partial charge >= 0.3 is 0 Å². The summed E-state index contributed by atoms with van der Waals surface area (Å²) in [6, 6.07) is 23.5. The first kappa shape index (κ1) is 22.0. The second-order valence-corrected chi connectivity index (χ2v) is 8.51. The molecule has 3 aromatic carbocycles. The number of nitrogens with one attached hydrogen (secondary N) is 2. The van der Waals surface area contributed by atoms with Gasteiger partial charge in [-0.3, -0.25) is 4.79 Å². The average Bonchev–Trinajstić information content (AvgIpc) is 3.25. The first-order valence-electron chi connectivity index (χ1n) is 10.0. The topological polar surface area (TPSA) is 67.0 Å². The lowest BCUT2D eigenvalue weighted by Gasteiger charge is -2.12. The van der Waals surface area contributed by atoms with Gasteiger partial charge in [0.05, 0.1) is 29.9 Å². The Morgan fingerprint density at radius 2 is 1.72 bits per heavy atom. The molecule has 0 radical (unpaired) electrons. The van der Waals surface area contributed by atoms with Crippen molar-refractivity contribution in [2.75, 3.05) is 18.2 Å². The average molecular weight is 464 g/mol. The zero-order valence-corrected chi connectivity index (χ0v) is 19.3. The lowest BCUT2D eigenvalue weighted by Crippen LogP contribution is -2.15. The smallest absolute Gasteiger partial charge is 0.234 e. The molecule has 0 saturated carbocycles. The minimum absolute atomic E-state index is 0.158. The number of carbonyl (C=O) groups excluding carboxylic acids is 1. The number of aryl methyl sites for hydroxylation is 1. The number of H-pyrrole nitrogens is 1. The van der Waals surface area contributed by atoms with Gasteiger partial charge in [-0.2, -0.15) is 0 Å². The number of ether oxygens (including phenoxy) is 1. The van der Waals surface area contributed by atoms with E-state index in [-0.39, 0.29) is 11.7 Å². The van der Waals surface area contributed by atoms with Crippen LogP contribution in [0.4, 0.5) is 5.69 Å². The summed E-state index contributed by atoms with van der Waals surface area (Å²) in [7, 11) is 1.55. The third kappa shape index (κ3) is 4.98. The second kappa shape index (κ2) is 9.94. The van der Waals surface area contributed by atoms with Crippen molar-refractivity contribution in [1.29, 1.82) is 0 Å². The van der Waals surface area contributed by atoms with Crippen LogP contribution in [0.3, 0.4) is 0 Å². The van der Waals surface area contributed by atoms with E-state index in [4.69, 9.17) is 21.3 Å². The zero-order valence-electron chi connectivity index (χ0n) is 17.7. The highest BCUT2D eigenvalue weighted by Crippen LogP contribution is 2.33. The molecule has 4 rings (SSSR count). The molecule has 0 aliphatic heterocycles. The molecular formula is C25H22ClN3O2S. The number of anilines is 1. The summed E-state index contributed by atoms with van der Waals surface area (Å²) in [6.45, 7) is 1.88. The second-order valence-electron chi connectivity index (χ2n) is 7.14. The Kier molecular flexibility index (Phi) is 6.83. The van der Waals surface area contributed by atoms with Crippen LogP contribution in [0.5, 0.6) is 5.75 Å². The van der Waals surface area contributed by atoms with Gasteiger partial charge in [0.2, 0.25) is 5.91 Å². The number of aromatic amines is 1. The summed E-state index contributed by atoms with van der Waals surface area (Å²) in [5, 5.41) is 4.17. The van der Waals surface area contributed by atoms with E-state index in [9.17, 15) is 4.79 Å². The highest BCUT2D eigenvalue weighted by molar-refractivity contribution is 7.99. The molecule has 2 N–H and O–H groups in total. The van der Waals surface area contributed by atoms with E-state index in [1.807, 2.05) is 67.6 Å². The van der Waals surface area contributed by atoms with Crippen molar-refractivity contribution >= 4 is 35.0 Å². The Morgan fingerprint density at radius 3 is 2.38 bits per heavy atom. The van der Waals surface area contributed by atoms with E-state index < -0.39 is 0 Å². The predicted octanol–water partition coefficient (Wildman–Crippen LogP) is 6.44. The quantitative estimate of drug-likeness (QED) is 0.309. The standard InChI is InChI=1S/C25H22ClN3O2S/c1-16-13-20(21(31-2)14-19(16)26)27-22(30)15-32-25-28-23(17-9-5-3-6-10-17)24(29-25)18-11-7-4-8-12-18/h3-14H,15H2,1-2H3,(H,27,30)(H,28,29). The van der Waals surface area contributed by atoms with Crippen LogP contribution in [0, 0.1) is 6.92 Å². The molecule has 1 aromatic heterocycles. The van der Waals surface area contributed by atoms with Gasteiger partial charge in [-0.1, -0.05) is 84.0 Å². The van der Waals surface area contributed by atoms with E-state index in [0.29, 0.717) is 21.6 Å². The number of aromatic nitrogens is 2. The van der Waals surface area contributed by atoms with Crippen molar-refractivity contribution in [3.63, 3.8) is 0 Å². The summed E-state index contributed by atoms with van der Waals surface area (Å²) >= 11 is 7.50. The Hall–Kier alpha value is -3.22. The van der Waals surface area contributed by atoms with Crippen molar-refractivity contribution in [2.45, 2.75) is 12.1 Å². The molecule has 0 aliphatic rings. The maximum absolute atomic E-state index is 12.6. The SMILES string of the molecule is COc1cc(Cl)c(C)cc1NC(=O)CSc1nc(-c2ccccc2)c(-c2ccccc2)[nH]1. The van der Waals surface area contributed by atoms with Crippen LogP contribution >= 0.6 is 23.4 Å². The van der Waals surface area contributed by atoms with Gasteiger partial charge < -0.3 is 15.0 Å². The monoisotopic (exact) mass is 463 g/mol. The van der Waals surface area contributed by atoms with Gasteiger partial charge in [0.1, 0.15) is 5.75 Å². The summed E-state index contributed by atoms with van der Waals surface area (Å²) in [5.74, 6) is 0.560.